The van der Waals surface area contributed by atoms with E-state index >= 15 is 0 Å². The van der Waals surface area contributed by atoms with Crippen LogP contribution in [0.2, 0.25) is 5.02 Å². The predicted molar refractivity (Wildman–Crippen MR) is 106 cm³/mol. The van der Waals surface area contributed by atoms with Crippen molar-refractivity contribution in [3.63, 3.8) is 0 Å². The van der Waals surface area contributed by atoms with Gasteiger partial charge in [-0.05, 0) is 37.1 Å². The Hall–Kier alpha value is -2.97. The molecule has 0 amide bonds. The van der Waals surface area contributed by atoms with Gasteiger partial charge in [0.25, 0.3) is 0 Å². The van der Waals surface area contributed by atoms with Gasteiger partial charge >= 0.3 is 0 Å². The monoisotopic (exact) mass is 375 g/mol. The molecule has 0 radical (unpaired) electrons. The first-order valence-electron chi connectivity index (χ1n) is 8.93. The first kappa shape index (κ1) is 17.4. The zero-order valence-corrected chi connectivity index (χ0v) is 15.5. The van der Waals surface area contributed by atoms with E-state index in [4.69, 9.17) is 26.8 Å². The molecule has 0 N–H and O–H groups in total. The lowest BCUT2D eigenvalue weighted by Gasteiger charge is -2.30. The van der Waals surface area contributed by atoms with E-state index in [1.54, 1.807) is 12.4 Å². The summed E-state index contributed by atoms with van der Waals surface area (Å²) in [6.45, 7) is 1.64. The SMILES string of the molecule is N#CC1CCN(c2cc(-c3ccc(Cl)cc3)nc(-c3cccnc3)n2)CC1. The third-order valence-corrected chi connectivity index (χ3v) is 5.03. The Morgan fingerprint density at radius 3 is 2.48 bits per heavy atom. The van der Waals surface area contributed by atoms with E-state index in [0.717, 1.165) is 48.6 Å². The molecule has 3 aromatic rings. The second-order valence-corrected chi connectivity index (χ2v) is 7.01. The van der Waals surface area contributed by atoms with Crippen molar-refractivity contribution in [2.45, 2.75) is 12.8 Å². The average molecular weight is 376 g/mol. The molecule has 134 valence electrons. The fraction of sp³-hybridized carbons (Fsp3) is 0.238. The molecule has 5 nitrogen and oxygen atoms in total. The minimum Gasteiger partial charge on any atom is -0.356 e. The summed E-state index contributed by atoms with van der Waals surface area (Å²) in [6, 6.07) is 15.9. The molecule has 1 fully saturated rings. The molecule has 0 bridgehead atoms. The summed E-state index contributed by atoms with van der Waals surface area (Å²) in [4.78, 5) is 16.0. The molecule has 2 aromatic heterocycles. The number of nitriles is 1. The van der Waals surface area contributed by atoms with E-state index in [2.05, 4.69) is 16.0 Å². The van der Waals surface area contributed by atoms with Crippen LogP contribution in [0.5, 0.6) is 0 Å². The first-order chi connectivity index (χ1) is 13.2. The molecule has 0 spiro atoms. The number of hydrogen-bond donors (Lipinski definition) is 0. The maximum atomic E-state index is 9.14. The first-order valence-corrected chi connectivity index (χ1v) is 9.31. The number of nitrogens with zero attached hydrogens (tertiary/aromatic N) is 5. The molecule has 0 saturated carbocycles. The Morgan fingerprint density at radius 2 is 1.81 bits per heavy atom. The molecular formula is C21H18ClN5. The van der Waals surface area contributed by atoms with E-state index in [1.165, 1.54) is 0 Å². The Bertz CT molecular complexity index is 958. The fourth-order valence-corrected chi connectivity index (χ4v) is 3.35. The molecule has 27 heavy (non-hydrogen) atoms. The van der Waals surface area contributed by atoms with Gasteiger partial charge in [-0.3, -0.25) is 4.98 Å². The van der Waals surface area contributed by atoms with E-state index in [-0.39, 0.29) is 5.92 Å². The van der Waals surface area contributed by atoms with Crippen molar-refractivity contribution in [2.24, 2.45) is 5.92 Å². The summed E-state index contributed by atoms with van der Waals surface area (Å²) in [5, 5.41) is 9.84. The fourth-order valence-electron chi connectivity index (χ4n) is 3.23. The number of benzene rings is 1. The molecule has 1 aliphatic heterocycles. The smallest absolute Gasteiger partial charge is 0.163 e. The van der Waals surface area contributed by atoms with E-state index < -0.39 is 0 Å². The van der Waals surface area contributed by atoms with Crippen LogP contribution in [0, 0.1) is 17.2 Å². The quantitative estimate of drug-likeness (QED) is 0.669. The van der Waals surface area contributed by atoms with Gasteiger partial charge in [0.1, 0.15) is 5.82 Å². The molecule has 1 saturated heterocycles. The molecule has 1 aliphatic rings. The highest BCUT2D eigenvalue weighted by molar-refractivity contribution is 6.30. The zero-order valence-electron chi connectivity index (χ0n) is 14.7. The summed E-state index contributed by atoms with van der Waals surface area (Å²) in [7, 11) is 0. The Labute approximate surface area is 163 Å². The van der Waals surface area contributed by atoms with Crippen LogP contribution in [0.15, 0.2) is 54.9 Å². The Kier molecular flexibility index (Phi) is 4.99. The van der Waals surface area contributed by atoms with Gasteiger partial charge in [0.05, 0.1) is 11.8 Å². The molecule has 0 atom stereocenters. The Morgan fingerprint density at radius 1 is 1.04 bits per heavy atom. The van der Waals surface area contributed by atoms with Gasteiger partial charge < -0.3 is 4.90 Å². The van der Waals surface area contributed by atoms with Crippen molar-refractivity contribution >= 4 is 17.4 Å². The maximum Gasteiger partial charge on any atom is 0.163 e. The summed E-state index contributed by atoms with van der Waals surface area (Å²) < 4.78 is 0. The lowest BCUT2D eigenvalue weighted by molar-refractivity contribution is 0.485. The molecular weight excluding hydrogens is 358 g/mol. The highest BCUT2D eigenvalue weighted by Crippen LogP contribution is 2.29. The highest BCUT2D eigenvalue weighted by Gasteiger charge is 2.21. The number of piperidine rings is 1. The van der Waals surface area contributed by atoms with Gasteiger partial charge in [0.15, 0.2) is 5.82 Å². The largest absolute Gasteiger partial charge is 0.356 e. The van der Waals surface area contributed by atoms with Crippen LogP contribution in [0.3, 0.4) is 0 Å². The van der Waals surface area contributed by atoms with Gasteiger partial charge in [0.2, 0.25) is 0 Å². The van der Waals surface area contributed by atoms with E-state index in [1.807, 2.05) is 42.5 Å². The van der Waals surface area contributed by atoms with Crippen molar-refractivity contribution in [3.8, 4) is 28.7 Å². The highest BCUT2D eigenvalue weighted by atomic mass is 35.5. The van der Waals surface area contributed by atoms with Crippen LogP contribution >= 0.6 is 11.6 Å². The standard InChI is InChI=1S/C21H18ClN5/c22-18-5-3-16(4-6-18)19-12-20(27-10-7-15(13-23)8-11-27)26-21(25-19)17-2-1-9-24-14-17/h1-6,9,12,14-15H,7-8,10-11H2. The third kappa shape index (κ3) is 3.91. The number of rotatable bonds is 3. The van der Waals surface area contributed by atoms with E-state index in [0.29, 0.717) is 10.8 Å². The molecule has 6 heteroatoms. The summed E-state index contributed by atoms with van der Waals surface area (Å²) in [6.07, 6.45) is 5.23. The Balaban J connectivity index is 1.75. The number of pyridine rings is 1. The third-order valence-electron chi connectivity index (χ3n) is 4.77. The van der Waals surface area contributed by atoms with Crippen molar-refractivity contribution in [1.29, 1.82) is 5.26 Å². The minimum absolute atomic E-state index is 0.136. The van der Waals surface area contributed by atoms with Crippen LogP contribution in [0.1, 0.15) is 12.8 Å². The van der Waals surface area contributed by atoms with Crippen molar-refractivity contribution in [1.82, 2.24) is 15.0 Å². The average Bonchev–Trinajstić information content (AvgIpc) is 2.74. The molecule has 0 aliphatic carbocycles. The second-order valence-electron chi connectivity index (χ2n) is 6.57. The van der Waals surface area contributed by atoms with Crippen molar-refractivity contribution in [3.05, 3.63) is 59.9 Å². The number of aromatic nitrogens is 3. The van der Waals surface area contributed by atoms with Gasteiger partial charge in [-0.15, -0.1) is 0 Å². The van der Waals surface area contributed by atoms with E-state index in [9.17, 15) is 0 Å². The molecule has 0 unspecified atom stereocenters. The van der Waals surface area contributed by atoms with Gasteiger partial charge in [-0.2, -0.15) is 5.26 Å². The summed E-state index contributed by atoms with van der Waals surface area (Å²) in [5.74, 6) is 1.66. The number of anilines is 1. The molecule has 1 aromatic carbocycles. The van der Waals surface area contributed by atoms with Crippen LogP contribution in [-0.2, 0) is 0 Å². The molecule has 3 heterocycles. The topological polar surface area (TPSA) is 65.7 Å². The number of hydrogen-bond acceptors (Lipinski definition) is 5. The normalized spacial score (nSPS) is 14.7. The van der Waals surface area contributed by atoms with Crippen molar-refractivity contribution in [2.75, 3.05) is 18.0 Å². The van der Waals surface area contributed by atoms with Crippen molar-refractivity contribution < 1.29 is 0 Å². The lowest BCUT2D eigenvalue weighted by atomic mass is 9.98. The zero-order chi connectivity index (χ0) is 18.6. The van der Waals surface area contributed by atoms with Crippen LogP contribution < -0.4 is 4.90 Å². The van der Waals surface area contributed by atoms with Gasteiger partial charge in [-0.1, -0.05) is 23.7 Å². The minimum atomic E-state index is 0.136. The van der Waals surface area contributed by atoms with Gasteiger partial charge in [0, 0.05) is 53.6 Å². The summed E-state index contributed by atoms with van der Waals surface area (Å²) >= 11 is 6.03. The lowest BCUT2D eigenvalue weighted by Crippen LogP contribution is -2.34. The summed E-state index contributed by atoms with van der Waals surface area (Å²) in [5.41, 5.74) is 2.71. The van der Waals surface area contributed by atoms with Crippen LogP contribution in [0.25, 0.3) is 22.6 Å². The van der Waals surface area contributed by atoms with Crippen LogP contribution in [0.4, 0.5) is 5.82 Å². The second kappa shape index (κ2) is 7.73. The molecule has 4 rings (SSSR count). The predicted octanol–water partition coefficient (Wildman–Crippen LogP) is 4.60. The maximum absolute atomic E-state index is 9.14. The van der Waals surface area contributed by atoms with Gasteiger partial charge in [-0.25, -0.2) is 9.97 Å². The number of halogens is 1. The van der Waals surface area contributed by atoms with Crippen LogP contribution in [-0.4, -0.2) is 28.0 Å².